The number of thioether (sulfide) groups is 1. The molecule has 1 aliphatic rings. The number of thiophene rings is 1. The van der Waals surface area contributed by atoms with E-state index in [-0.39, 0.29) is 11.3 Å². The lowest BCUT2D eigenvalue weighted by atomic mass is 9.64. The minimum atomic E-state index is 0.0681. The summed E-state index contributed by atoms with van der Waals surface area (Å²) in [6.45, 7) is 4.92. The van der Waals surface area contributed by atoms with Crippen LogP contribution in [0.5, 0.6) is 0 Å². The van der Waals surface area contributed by atoms with E-state index in [1.54, 1.807) is 17.7 Å². The molecule has 0 saturated heterocycles. The summed E-state index contributed by atoms with van der Waals surface area (Å²) >= 11 is 3.19. The Bertz CT molecular complexity index is 964. The normalized spacial score (nSPS) is 15.5. The van der Waals surface area contributed by atoms with Gasteiger partial charge in [-0.2, -0.15) is 0 Å². The average molecular weight is 398 g/mol. The first-order valence-electron chi connectivity index (χ1n) is 9.25. The zero-order valence-electron chi connectivity index (χ0n) is 15.6. The summed E-state index contributed by atoms with van der Waals surface area (Å²) < 4.78 is 0. The summed E-state index contributed by atoms with van der Waals surface area (Å²) in [5.41, 5.74) is 2.67. The molecule has 1 amide bonds. The van der Waals surface area contributed by atoms with Crippen molar-refractivity contribution >= 4 is 39.2 Å². The number of nitrogens with zero attached hydrogens (tertiary/aromatic N) is 2. The highest BCUT2D eigenvalue weighted by molar-refractivity contribution is 8.00. The maximum absolute atomic E-state index is 12.5. The number of amides is 1. The molecule has 0 unspecified atom stereocenters. The van der Waals surface area contributed by atoms with Crippen LogP contribution in [-0.2, 0) is 10.2 Å². The lowest BCUT2D eigenvalue weighted by Crippen LogP contribution is -2.46. The quantitative estimate of drug-likeness (QED) is 0.486. The summed E-state index contributed by atoms with van der Waals surface area (Å²) in [7, 11) is 0. The molecule has 1 N–H and O–H groups in total. The van der Waals surface area contributed by atoms with Gasteiger partial charge in [-0.05, 0) is 37.8 Å². The lowest BCUT2D eigenvalue weighted by molar-refractivity contribution is -0.119. The van der Waals surface area contributed by atoms with Gasteiger partial charge in [-0.25, -0.2) is 9.97 Å². The highest BCUT2D eigenvalue weighted by Gasteiger charge is 2.38. The second-order valence-electron chi connectivity index (χ2n) is 7.21. The Hall–Kier alpha value is -1.92. The van der Waals surface area contributed by atoms with Gasteiger partial charge in [0.2, 0.25) is 5.91 Å². The average Bonchev–Trinajstić information content (AvgIpc) is 2.95. The molecule has 4 nitrogen and oxygen atoms in total. The molecule has 0 bridgehead atoms. The SMILES string of the molecule is Cc1sc2ncnc(SCC(=O)NCC3(c4ccccc4)CCC3)c2c1C. The highest BCUT2D eigenvalue weighted by Crippen LogP contribution is 2.43. The first-order chi connectivity index (χ1) is 13.1. The van der Waals surface area contributed by atoms with Gasteiger partial charge in [0, 0.05) is 22.2 Å². The summed E-state index contributed by atoms with van der Waals surface area (Å²) in [5, 5.41) is 5.16. The van der Waals surface area contributed by atoms with Crippen molar-refractivity contribution in [3.05, 3.63) is 52.7 Å². The molecule has 3 aromatic rings. The van der Waals surface area contributed by atoms with E-state index in [4.69, 9.17) is 0 Å². The summed E-state index contributed by atoms with van der Waals surface area (Å²) in [6.07, 6.45) is 5.11. The molecule has 0 radical (unpaired) electrons. The van der Waals surface area contributed by atoms with E-state index >= 15 is 0 Å². The van der Waals surface area contributed by atoms with Crippen LogP contribution in [0.3, 0.4) is 0 Å². The maximum Gasteiger partial charge on any atom is 0.230 e. The van der Waals surface area contributed by atoms with Crippen LogP contribution < -0.4 is 5.32 Å². The Kier molecular flexibility index (Phi) is 5.19. The number of carbonyl (C=O) groups excluding carboxylic acids is 1. The third-order valence-corrected chi connectivity index (χ3v) is 7.70. The molecule has 0 spiro atoms. The zero-order valence-corrected chi connectivity index (χ0v) is 17.3. The van der Waals surface area contributed by atoms with Crippen molar-refractivity contribution in [2.45, 2.75) is 43.6 Å². The Morgan fingerprint density at radius 1 is 1.22 bits per heavy atom. The molecule has 27 heavy (non-hydrogen) atoms. The largest absolute Gasteiger partial charge is 0.354 e. The van der Waals surface area contributed by atoms with Crippen LogP contribution in [0.4, 0.5) is 0 Å². The Morgan fingerprint density at radius 3 is 2.70 bits per heavy atom. The van der Waals surface area contributed by atoms with Gasteiger partial charge in [0.1, 0.15) is 16.2 Å². The van der Waals surface area contributed by atoms with E-state index in [1.807, 2.05) is 6.07 Å². The monoisotopic (exact) mass is 397 g/mol. The van der Waals surface area contributed by atoms with E-state index in [0.29, 0.717) is 12.3 Å². The molecule has 1 aliphatic carbocycles. The number of hydrogen-bond donors (Lipinski definition) is 1. The summed E-state index contributed by atoms with van der Waals surface area (Å²) in [4.78, 5) is 23.5. The van der Waals surface area contributed by atoms with E-state index in [1.165, 1.54) is 34.2 Å². The van der Waals surface area contributed by atoms with Gasteiger partial charge in [-0.3, -0.25) is 4.79 Å². The van der Waals surface area contributed by atoms with E-state index in [9.17, 15) is 4.79 Å². The predicted molar refractivity (Wildman–Crippen MR) is 113 cm³/mol. The van der Waals surface area contributed by atoms with Crippen LogP contribution in [0.15, 0.2) is 41.7 Å². The van der Waals surface area contributed by atoms with Gasteiger partial charge < -0.3 is 5.32 Å². The molecule has 2 heterocycles. The van der Waals surface area contributed by atoms with Crippen molar-refractivity contribution in [1.82, 2.24) is 15.3 Å². The first kappa shape index (κ1) is 18.4. The summed E-state index contributed by atoms with van der Waals surface area (Å²) in [5.74, 6) is 0.448. The van der Waals surface area contributed by atoms with Crippen LogP contribution in [0.25, 0.3) is 10.2 Å². The first-order valence-corrected chi connectivity index (χ1v) is 11.0. The zero-order chi connectivity index (χ0) is 18.9. The number of fused-ring (bicyclic) bond motifs is 1. The second-order valence-corrected chi connectivity index (χ2v) is 9.37. The molecule has 140 valence electrons. The number of aromatic nitrogens is 2. The Balaban J connectivity index is 1.39. The molecule has 2 aromatic heterocycles. The Morgan fingerprint density at radius 2 is 2.00 bits per heavy atom. The van der Waals surface area contributed by atoms with Crippen LogP contribution >= 0.6 is 23.1 Å². The fraction of sp³-hybridized carbons (Fsp3) is 0.381. The summed E-state index contributed by atoms with van der Waals surface area (Å²) in [6, 6.07) is 10.6. The van der Waals surface area contributed by atoms with E-state index in [2.05, 4.69) is 53.4 Å². The van der Waals surface area contributed by atoms with Crippen molar-refractivity contribution in [2.75, 3.05) is 12.3 Å². The van der Waals surface area contributed by atoms with Crippen LogP contribution in [0.2, 0.25) is 0 Å². The molecule has 4 rings (SSSR count). The minimum Gasteiger partial charge on any atom is -0.354 e. The molecule has 0 atom stereocenters. The van der Waals surface area contributed by atoms with Gasteiger partial charge in [0.25, 0.3) is 0 Å². The minimum absolute atomic E-state index is 0.0681. The van der Waals surface area contributed by atoms with Crippen LogP contribution in [-0.4, -0.2) is 28.2 Å². The second kappa shape index (κ2) is 7.60. The van der Waals surface area contributed by atoms with E-state index in [0.717, 1.165) is 28.1 Å². The molecular weight excluding hydrogens is 374 g/mol. The molecule has 1 aromatic carbocycles. The Labute approximate surface area is 167 Å². The fourth-order valence-corrected chi connectivity index (χ4v) is 5.62. The fourth-order valence-electron chi connectivity index (χ4n) is 3.68. The van der Waals surface area contributed by atoms with Gasteiger partial charge in [-0.1, -0.05) is 48.5 Å². The predicted octanol–water partition coefficient (Wildman–Crippen LogP) is 4.64. The number of hydrogen-bond acceptors (Lipinski definition) is 5. The number of aryl methyl sites for hydroxylation is 2. The lowest BCUT2D eigenvalue weighted by Gasteiger charge is -2.42. The number of carbonyl (C=O) groups is 1. The van der Waals surface area contributed by atoms with Crippen LogP contribution in [0, 0.1) is 13.8 Å². The third kappa shape index (κ3) is 3.60. The van der Waals surface area contributed by atoms with Crippen molar-refractivity contribution in [1.29, 1.82) is 0 Å². The van der Waals surface area contributed by atoms with Crippen LogP contribution in [0.1, 0.15) is 35.3 Å². The standard InChI is InChI=1S/C21H23N3OS2/c1-14-15(2)27-20-18(14)19(23-13-24-20)26-11-17(25)22-12-21(9-6-10-21)16-7-4-3-5-8-16/h3-5,7-8,13H,6,9-12H2,1-2H3,(H,22,25). The van der Waals surface area contributed by atoms with Gasteiger partial charge in [0.15, 0.2) is 0 Å². The van der Waals surface area contributed by atoms with Crippen molar-refractivity contribution in [2.24, 2.45) is 0 Å². The molecule has 1 saturated carbocycles. The van der Waals surface area contributed by atoms with Gasteiger partial charge in [-0.15, -0.1) is 11.3 Å². The maximum atomic E-state index is 12.5. The number of nitrogens with one attached hydrogen (secondary N) is 1. The van der Waals surface area contributed by atoms with Crippen molar-refractivity contribution < 1.29 is 4.79 Å². The molecule has 0 aliphatic heterocycles. The number of rotatable bonds is 6. The number of benzene rings is 1. The van der Waals surface area contributed by atoms with Crippen molar-refractivity contribution in [3.63, 3.8) is 0 Å². The van der Waals surface area contributed by atoms with E-state index < -0.39 is 0 Å². The van der Waals surface area contributed by atoms with Gasteiger partial charge in [0.05, 0.1) is 5.75 Å². The molecule has 6 heteroatoms. The molecule has 1 fully saturated rings. The third-order valence-electron chi connectivity index (χ3n) is 5.59. The molecular formula is C21H23N3OS2. The highest BCUT2D eigenvalue weighted by atomic mass is 32.2. The smallest absolute Gasteiger partial charge is 0.230 e. The van der Waals surface area contributed by atoms with Crippen molar-refractivity contribution in [3.8, 4) is 0 Å². The van der Waals surface area contributed by atoms with Gasteiger partial charge >= 0.3 is 0 Å². The topological polar surface area (TPSA) is 54.9 Å².